The summed E-state index contributed by atoms with van der Waals surface area (Å²) in [7, 11) is -4.42. The Bertz CT molecular complexity index is 1310. The quantitative estimate of drug-likeness (QED) is 0.147. The maximum absolute atomic E-state index is 10.6. The van der Waals surface area contributed by atoms with Crippen LogP contribution in [-0.2, 0) is 33.2 Å². The standard InChI is InChI=1S/C27H45N9O5S/c1-26(2,3)29-14-22(28)16-34(18-24-20-36(33-31-24)27(4,5)6)17-23-19-35(32-30-23)15-21-8-10-25(11-9-21)40-12-7-13-41-42(37,38)39/h8-11,14,19-20,29-30,32H,7,12-13,15-18,28H2,1-6H3,(H,37,38,39)/b22-14-. The van der Waals surface area contributed by atoms with Crippen molar-refractivity contribution in [2.45, 2.75) is 72.1 Å². The Kier molecular flexibility index (Phi) is 11.2. The first-order valence-electron chi connectivity index (χ1n) is 13.7. The second kappa shape index (κ2) is 14.2. The molecule has 1 aliphatic heterocycles. The number of rotatable bonds is 15. The second-order valence-corrected chi connectivity index (χ2v) is 13.3. The highest BCUT2D eigenvalue weighted by atomic mass is 32.3. The normalized spacial score (nSPS) is 14.7. The van der Waals surface area contributed by atoms with Crippen LogP contribution in [0, 0.1) is 0 Å². The largest absolute Gasteiger partial charge is 0.494 e. The van der Waals surface area contributed by atoms with Gasteiger partial charge in [-0.15, -0.1) is 10.6 Å². The summed E-state index contributed by atoms with van der Waals surface area (Å²) < 4.78 is 41.5. The van der Waals surface area contributed by atoms with E-state index in [0.29, 0.717) is 44.0 Å². The maximum atomic E-state index is 10.6. The number of hydrogen-bond acceptors (Lipinski definition) is 12. The molecule has 0 spiro atoms. The molecule has 0 amide bonds. The van der Waals surface area contributed by atoms with Gasteiger partial charge in [-0.3, -0.25) is 14.5 Å². The zero-order chi connectivity index (χ0) is 31.0. The van der Waals surface area contributed by atoms with Gasteiger partial charge in [0.15, 0.2) is 0 Å². The number of benzene rings is 1. The number of nitrogens with one attached hydrogen (secondary N) is 3. The lowest BCUT2D eigenvalue weighted by Crippen LogP contribution is -2.39. The topological polar surface area (TPSA) is 172 Å². The van der Waals surface area contributed by atoms with E-state index in [1.165, 1.54) is 0 Å². The van der Waals surface area contributed by atoms with E-state index in [-0.39, 0.29) is 24.3 Å². The van der Waals surface area contributed by atoms with Crippen molar-refractivity contribution in [1.29, 1.82) is 0 Å². The highest BCUT2D eigenvalue weighted by Crippen LogP contribution is 2.17. The van der Waals surface area contributed by atoms with Crippen molar-refractivity contribution in [2.24, 2.45) is 5.73 Å². The van der Waals surface area contributed by atoms with Crippen LogP contribution in [0.5, 0.6) is 5.75 Å². The van der Waals surface area contributed by atoms with Gasteiger partial charge < -0.3 is 21.2 Å². The van der Waals surface area contributed by atoms with Gasteiger partial charge in [-0.2, -0.15) is 8.42 Å². The number of ether oxygens (including phenoxy) is 1. The van der Waals surface area contributed by atoms with Gasteiger partial charge in [-0.1, -0.05) is 17.3 Å². The summed E-state index contributed by atoms with van der Waals surface area (Å²) in [5.74, 6) is 0.653. The van der Waals surface area contributed by atoms with Crippen molar-refractivity contribution in [3.63, 3.8) is 0 Å². The lowest BCUT2D eigenvalue weighted by Gasteiger charge is -2.24. The van der Waals surface area contributed by atoms with Crippen molar-refractivity contribution in [3.05, 3.63) is 65.5 Å². The molecule has 1 aromatic heterocycles. The van der Waals surface area contributed by atoms with Crippen LogP contribution in [0.4, 0.5) is 0 Å². The van der Waals surface area contributed by atoms with E-state index in [4.69, 9.17) is 15.0 Å². The molecule has 0 unspecified atom stereocenters. The van der Waals surface area contributed by atoms with Gasteiger partial charge in [0.2, 0.25) is 0 Å². The first-order chi connectivity index (χ1) is 19.6. The molecule has 0 radical (unpaired) electrons. The van der Waals surface area contributed by atoms with Crippen LogP contribution in [-0.4, -0.2) is 69.7 Å². The van der Waals surface area contributed by atoms with E-state index in [1.54, 1.807) is 0 Å². The van der Waals surface area contributed by atoms with Crippen molar-refractivity contribution in [3.8, 4) is 5.75 Å². The van der Waals surface area contributed by atoms with Crippen molar-refractivity contribution >= 4 is 10.4 Å². The van der Waals surface area contributed by atoms with Crippen LogP contribution >= 0.6 is 0 Å². The lowest BCUT2D eigenvalue weighted by molar-refractivity contribution is 0.229. The summed E-state index contributed by atoms with van der Waals surface area (Å²) in [5, 5.41) is 14.0. The van der Waals surface area contributed by atoms with E-state index in [0.717, 1.165) is 17.0 Å². The first-order valence-corrected chi connectivity index (χ1v) is 15.1. The fourth-order valence-corrected chi connectivity index (χ4v) is 4.14. The number of aromatic nitrogens is 3. The molecule has 0 atom stereocenters. The second-order valence-electron chi connectivity index (χ2n) is 12.2. The summed E-state index contributed by atoms with van der Waals surface area (Å²) in [6.45, 7) is 14.9. The molecule has 6 N–H and O–H groups in total. The zero-order valence-corrected chi connectivity index (χ0v) is 26.1. The van der Waals surface area contributed by atoms with E-state index in [2.05, 4.69) is 77.2 Å². The molecule has 0 aliphatic carbocycles. The van der Waals surface area contributed by atoms with Gasteiger partial charge in [0.05, 0.1) is 42.9 Å². The minimum Gasteiger partial charge on any atom is -0.494 e. The van der Waals surface area contributed by atoms with Crippen molar-refractivity contribution < 1.29 is 21.9 Å². The number of hydrogen-bond donors (Lipinski definition) is 5. The maximum Gasteiger partial charge on any atom is 0.397 e. The summed E-state index contributed by atoms with van der Waals surface area (Å²) in [4.78, 5) is 2.20. The fraction of sp³-hybridized carbons (Fsp3) is 0.556. The first kappa shape index (κ1) is 33.1. The van der Waals surface area contributed by atoms with Crippen molar-refractivity contribution in [1.82, 2.24) is 41.2 Å². The molecule has 2 heterocycles. The highest BCUT2D eigenvalue weighted by molar-refractivity contribution is 7.80. The van der Waals surface area contributed by atoms with Crippen LogP contribution < -0.4 is 26.7 Å². The molecule has 0 bridgehead atoms. The van der Waals surface area contributed by atoms with E-state index in [9.17, 15) is 8.42 Å². The third-order valence-corrected chi connectivity index (χ3v) is 6.31. The molecule has 3 rings (SSSR count). The van der Waals surface area contributed by atoms with Gasteiger partial charge in [0, 0.05) is 49.7 Å². The van der Waals surface area contributed by atoms with Crippen LogP contribution in [0.2, 0.25) is 0 Å². The molecule has 234 valence electrons. The van der Waals surface area contributed by atoms with E-state index < -0.39 is 10.4 Å². The van der Waals surface area contributed by atoms with E-state index >= 15 is 0 Å². The molecule has 0 saturated carbocycles. The molecule has 15 heteroatoms. The molecule has 1 aliphatic rings. The number of nitrogens with two attached hydrogens (primary N) is 1. The molecule has 42 heavy (non-hydrogen) atoms. The minimum atomic E-state index is -4.42. The smallest absolute Gasteiger partial charge is 0.397 e. The average molecular weight is 608 g/mol. The predicted molar refractivity (Wildman–Crippen MR) is 159 cm³/mol. The monoisotopic (exact) mass is 607 g/mol. The third-order valence-electron chi connectivity index (χ3n) is 5.84. The summed E-state index contributed by atoms with van der Waals surface area (Å²) >= 11 is 0. The summed E-state index contributed by atoms with van der Waals surface area (Å²) in [6.07, 6.45) is 6.17. The third kappa shape index (κ3) is 12.2. The Morgan fingerprint density at radius 2 is 1.86 bits per heavy atom. The zero-order valence-electron chi connectivity index (χ0n) is 25.3. The van der Waals surface area contributed by atoms with Crippen LogP contribution in [0.3, 0.4) is 0 Å². The molecule has 1 aromatic carbocycles. The summed E-state index contributed by atoms with van der Waals surface area (Å²) in [5.41, 5.74) is 16.2. The van der Waals surface area contributed by atoms with Gasteiger partial charge in [0.1, 0.15) is 5.75 Å². The highest BCUT2D eigenvalue weighted by Gasteiger charge is 2.20. The van der Waals surface area contributed by atoms with Gasteiger partial charge in [-0.05, 0) is 59.2 Å². The Hall–Kier alpha value is -3.37. The average Bonchev–Trinajstić information content (AvgIpc) is 3.52. The molecular weight excluding hydrogens is 562 g/mol. The molecular formula is C27H45N9O5S. The summed E-state index contributed by atoms with van der Waals surface area (Å²) in [6, 6.07) is 7.60. The number of nitrogens with zero attached hydrogens (tertiary/aromatic N) is 5. The SMILES string of the molecule is CC(C)(C)N/C=C(\N)CN(CC1=CN(Cc2ccc(OCCCOS(=O)(=O)O)cc2)NN1)Cc1cn(C(C)(C)C)nn1. The number of hydrazine groups is 2. The van der Waals surface area contributed by atoms with Crippen LogP contribution in [0.1, 0.15) is 59.2 Å². The van der Waals surface area contributed by atoms with Gasteiger partial charge in [-0.25, -0.2) is 8.86 Å². The molecule has 0 fully saturated rings. The Morgan fingerprint density at radius 1 is 1.14 bits per heavy atom. The van der Waals surface area contributed by atoms with Crippen LogP contribution in [0.25, 0.3) is 0 Å². The Morgan fingerprint density at radius 3 is 2.48 bits per heavy atom. The van der Waals surface area contributed by atoms with Gasteiger partial charge >= 0.3 is 10.4 Å². The van der Waals surface area contributed by atoms with Crippen LogP contribution in [0.15, 0.2) is 54.3 Å². The predicted octanol–water partition coefficient (Wildman–Crippen LogP) is 1.98. The lowest BCUT2D eigenvalue weighted by atomic mass is 10.1. The Labute approximate surface area is 248 Å². The van der Waals surface area contributed by atoms with Crippen molar-refractivity contribution in [2.75, 3.05) is 26.3 Å². The Balaban J connectivity index is 1.58. The molecule has 14 nitrogen and oxygen atoms in total. The minimum absolute atomic E-state index is 0.0875. The van der Waals surface area contributed by atoms with E-state index in [1.807, 2.05) is 52.6 Å². The molecule has 0 saturated heterocycles. The fourth-order valence-electron chi connectivity index (χ4n) is 3.81. The van der Waals surface area contributed by atoms with Gasteiger partial charge in [0.25, 0.3) is 0 Å². The molecule has 2 aromatic rings.